The first kappa shape index (κ1) is 30.2. The van der Waals surface area contributed by atoms with Gasteiger partial charge < -0.3 is 10.2 Å². The predicted molar refractivity (Wildman–Crippen MR) is 157 cm³/mol. The minimum Gasteiger partial charge on any atom is -0.354 e. The lowest BCUT2D eigenvalue weighted by Gasteiger charge is -2.33. The summed E-state index contributed by atoms with van der Waals surface area (Å²) in [5, 5.41) is 3.18. The molecule has 0 fully saturated rings. The summed E-state index contributed by atoms with van der Waals surface area (Å²) in [5.41, 5.74) is 2.98. The molecule has 0 saturated heterocycles. The van der Waals surface area contributed by atoms with Crippen molar-refractivity contribution in [3.63, 3.8) is 0 Å². The molecule has 0 aliphatic heterocycles. The van der Waals surface area contributed by atoms with Crippen LogP contribution in [0.1, 0.15) is 30.5 Å². The first-order chi connectivity index (χ1) is 18.5. The van der Waals surface area contributed by atoms with E-state index < -0.39 is 28.5 Å². The number of amides is 2. The molecule has 0 spiro atoms. The highest BCUT2D eigenvalue weighted by atomic mass is 35.5. The van der Waals surface area contributed by atoms with Crippen LogP contribution in [0.15, 0.2) is 78.9 Å². The first-order valence-electron chi connectivity index (χ1n) is 12.8. The third kappa shape index (κ3) is 8.83. The zero-order valence-electron chi connectivity index (χ0n) is 22.8. The fourth-order valence-corrected chi connectivity index (χ4v) is 5.26. The van der Waals surface area contributed by atoms with E-state index in [1.54, 1.807) is 24.3 Å². The molecule has 208 valence electrons. The Labute approximate surface area is 236 Å². The Hall–Kier alpha value is -3.36. The number of rotatable bonds is 12. The normalized spacial score (nSPS) is 12.2. The maximum absolute atomic E-state index is 14.0. The number of hydrogen-bond donors (Lipinski definition) is 1. The number of carbonyl (C=O) groups is 2. The first-order valence-corrected chi connectivity index (χ1v) is 15.1. The van der Waals surface area contributed by atoms with Crippen molar-refractivity contribution >= 4 is 39.1 Å². The number of nitrogens with zero attached hydrogens (tertiary/aromatic N) is 2. The van der Waals surface area contributed by atoms with Gasteiger partial charge in [0.2, 0.25) is 21.8 Å². The van der Waals surface area contributed by atoms with Crippen molar-refractivity contribution in [2.45, 2.75) is 39.8 Å². The molecule has 0 bridgehead atoms. The van der Waals surface area contributed by atoms with Gasteiger partial charge in [-0.05, 0) is 36.1 Å². The van der Waals surface area contributed by atoms with Crippen molar-refractivity contribution in [2.24, 2.45) is 5.92 Å². The molecule has 0 saturated carbocycles. The van der Waals surface area contributed by atoms with Crippen LogP contribution in [0.2, 0.25) is 5.02 Å². The highest BCUT2D eigenvalue weighted by molar-refractivity contribution is 7.92. The Morgan fingerprint density at radius 1 is 0.897 bits per heavy atom. The van der Waals surface area contributed by atoms with Gasteiger partial charge in [-0.15, -0.1) is 0 Å². The van der Waals surface area contributed by atoms with Crippen LogP contribution >= 0.6 is 11.6 Å². The predicted octanol–water partition coefficient (Wildman–Crippen LogP) is 4.83. The van der Waals surface area contributed by atoms with E-state index in [1.807, 2.05) is 75.4 Å². The van der Waals surface area contributed by atoms with Crippen LogP contribution in [-0.4, -0.2) is 50.5 Å². The number of hydrogen-bond acceptors (Lipinski definition) is 4. The van der Waals surface area contributed by atoms with Gasteiger partial charge in [0.05, 0.1) is 17.0 Å². The van der Waals surface area contributed by atoms with Gasteiger partial charge in [0.15, 0.2) is 0 Å². The number of halogens is 1. The van der Waals surface area contributed by atoms with Crippen LogP contribution in [0.3, 0.4) is 0 Å². The number of aryl methyl sites for hydroxylation is 1. The Kier molecular flexibility index (Phi) is 10.5. The molecule has 1 N–H and O–H groups in total. The smallest absolute Gasteiger partial charge is 0.244 e. The maximum atomic E-state index is 14.0. The van der Waals surface area contributed by atoms with Gasteiger partial charge in [-0.3, -0.25) is 13.9 Å². The molecule has 3 aromatic carbocycles. The van der Waals surface area contributed by atoms with Gasteiger partial charge in [-0.2, -0.15) is 0 Å². The summed E-state index contributed by atoms with van der Waals surface area (Å²) in [6, 6.07) is 22.8. The highest BCUT2D eigenvalue weighted by Crippen LogP contribution is 2.27. The van der Waals surface area contributed by atoms with Gasteiger partial charge in [0.25, 0.3) is 0 Å². The Morgan fingerprint density at radius 3 is 2.10 bits per heavy atom. The molecule has 9 heteroatoms. The molecule has 3 rings (SSSR count). The summed E-state index contributed by atoms with van der Waals surface area (Å²) in [6.07, 6.45) is 1.30. The van der Waals surface area contributed by atoms with E-state index >= 15 is 0 Å². The second-order valence-electron chi connectivity index (χ2n) is 10.1. The number of anilines is 1. The Balaban J connectivity index is 2.05. The molecule has 0 radical (unpaired) electrons. The monoisotopic (exact) mass is 569 g/mol. The quantitative estimate of drug-likeness (QED) is 0.338. The van der Waals surface area contributed by atoms with Crippen LogP contribution in [0, 0.1) is 12.8 Å². The molecule has 0 aliphatic rings. The van der Waals surface area contributed by atoms with Crippen LogP contribution in [0.5, 0.6) is 0 Å². The Morgan fingerprint density at radius 2 is 1.51 bits per heavy atom. The largest absolute Gasteiger partial charge is 0.354 e. The van der Waals surface area contributed by atoms with Gasteiger partial charge in [-0.1, -0.05) is 97.7 Å². The van der Waals surface area contributed by atoms with Gasteiger partial charge >= 0.3 is 0 Å². The third-order valence-electron chi connectivity index (χ3n) is 6.23. The number of carbonyl (C=O) groups excluding carboxylic acids is 2. The van der Waals surface area contributed by atoms with Crippen LogP contribution < -0.4 is 9.62 Å². The summed E-state index contributed by atoms with van der Waals surface area (Å²) in [6.45, 7) is 6.04. The molecule has 1 unspecified atom stereocenters. The van der Waals surface area contributed by atoms with E-state index in [2.05, 4.69) is 5.32 Å². The zero-order valence-corrected chi connectivity index (χ0v) is 24.4. The summed E-state index contributed by atoms with van der Waals surface area (Å²) < 4.78 is 26.6. The van der Waals surface area contributed by atoms with Crippen molar-refractivity contribution in [1.82, 2.24) is 10.2 Å². The summed E-state index contributed by atoms with van der Waals surface area (Å²) in [7, 11) is -3.87. The topological polar surface area (TPSA) is 86.8 Å². The van der Waals surface area contributed by atoms with Crippen LogP contribution in [0.4, 0.5) is 5.69 Å². The fourth-order valence-electron chi connectivity index (χ4n) is 4.12. The minimum atomic E-state index is -3.87. The second kappa shape index (κ2) is 13.6. The van der Waals surface area contributed by atoms with Crippen LogP contribution in [0.25, 0.3) is 0 Å². The number of sulfonamides is 1. The molecular weight excluding hydrogens is 534 g/mol. The molecule has 0 heterocycles. The number of para-hydroxylation sites is 1. The van der Waals surface area contributed by atoms with E-state index in [4.69, 9.17) is 11.6 Å². The van der Waals surface area contributed by atoms with Crippen molar-refractivity contribution in [3.8, 4) is 0 Å². The molecule has 1 atom stereocenters. The molecule has 39 heavy (non-hydrogen) atoms. The molecule has 2 amide bonds. The third-order valence-corrected chi connectivity index (χ3v) is 7.68. The zero-order chi connectivity index (χ0) is 28.6. The SMILES string of the molecule is Cc1ccc(CN(C(=O)CN(c2ccccc2Cl)S(C)(=O)=O)C(Cc2ccccc2)C(=O)NCC(C)C)cc1. The van der Waals surface area contributed by atoms with Gasteiger partial charge in [-0.25, -0.2) is 8.42 Å². The number of benzene rings is 3. The van der Waals surface area contributed by atoms with Crippen molar-refractivity contribution in [3.05, 3.63) is 101 Å². The standard InChI is InChI=1S/C30H36ClN3O4S/c1-22(2)19-32-30(36)28(18-24-10-6-5-7-11-24)33(20-25-16-14-23(3)15-17-25)29(35)21-34(39(4,37)38)27-13-9-8-12-26(27)31/h5-17,22,28H,18-21H2,1-4H3,(H,32,36). The van der Waals surface area contributed by atoms with Crippen molar-refractivity contribution < 1.29 is 18.0 Å². The summed E-state index contributed by atoms with van der Waals surface area (Å²) in [5.74, 6) is -0.591. The van der Waals surface area contributed by atoms with E-state index in [9.17, 15) is 18.0 Å². The van der Waals surface area contributed by atoms with Crippen molar-refractivity contribution in [1.29, 1.82) is 0 Å². The van der Waals surface area contributed by atoms with Crippen molar-refractivity contribution in [2.75, 3.05) is 23.7 Å². The minimum absolute atomic E-state index is 0.131. The van der Waals surface area contributed by atoms with Gasteiger partial charge in [0.1, 0.15) is 12.6 Å². The number of nitrogens with one attached hydrogen (secondary N) is 1. The van der Waals surface area contributed by atoms with E-state index in [0.717, 1.165) is 27.3 Å². The summed E-state index contributed by atoms with van der Waals surface area (Å²) in [4.78, 5) is 29.1. The average Bonchev–Trinajstić information content (AvgIpc) is 2.89. The van der Waals surface area contributed by atoms with E-state index in [0.29, 0.717) is 6.54 Å². The fraction of sp³-hybridized carbons (Fsp3) is 0.333. The summed E-state index contributed by atoms with van der Waals surface area (Å²) >= 11 is 6.33. The highest BCUT2D eigenvalue weighted by Gasteiger charge is 2.33. The lowest BCUT2D eigenvalue weighted by Crippen LogP contribution is -2.53. The van der Waals surface area contributed by atoms with E-state index in [1.165, 1.54) is 4.90 Å². The maximum Gasteiger partial charge on any atom is 0.244 e. The molecule has 0 aromatic heterocycles. The second-order valence-corrected chi connectivity index (χ2v) is 12.4. The lowest BCUT2D eigenvalue weighted by molar-refractivity contribution is -0.140. The molecule has 7 nitrogen and oxygen atoms in total. The Bertz CT molecular complexity index is 1360. The van der Waals surface area contributed by atoms with Gasteiger partial charge in [0, 0.05) is 19.5 Å². The average molecular weight is 570 g/mol. The molecule has 3 aromatic rings. The lowest BCUT2D eigenvalue weighted by atomic mass is 10.0. The van der Waals surface area contributed by atoms with Crippen LogP contribution in [-0.2, 0) is 32.6 Å². The van der Waals surface area contributed by atoms with E-state index in [-0.39, 0.29) is 35.5 Å². The molecule has 0 aliphatic carbocycles. The molecular formula is C30H36ClN3O4S.